The number of nitrogens with one attached hydrogen (secondary N) is 2. The van der Waals surface area contributed by atoms with E-state index in [0.717, 1.165) is 5.69 Å². The molecule has 2 aromatic heterocycles. The van der Waals surface area contributed by atoms with Crippen LogP contribution in [-0.4, -0.2) is 31.0 Å². The highest BCUT2D eigenvalue weighted by Gasteiger charge is 2.10. The minimum Gasteiger partial charge on any atom is -0.477 e. The van der Waals surface area contributed by atoms with Gasteiger partial charge in [0.2, 0.25) is 0 Å². The lowest BCUT2D eigenvalue weighted by atomic mass is 10.5. The van der Waals surface area contributed by atoms with Gasteiger partial charge in [0.05, 0.1) is 6.20 Å². The van der Waals surface area contributed by atoms with Gasteiger partial charge in [-0.2, -0.15) is 0 Å². The Morgan fingerprint density at radius 1 is 1.29 bits per heavy atom. The largest absolute Gasteiger partial charge is 0.477 e. The van der Waals surface area contributed by atoms with Crippen molar-refractivity contribution in [3.63, 3.8) is 0 Å². The van der Waals surface area contributed by atoms with Crippen LogP contribution in [0.5, 0.6) is 0 Å². The molecule has 0 saturated heterocycles. The molecule has 6 nitrogen and oxygen atoms in total. The van der Waals surface area contributed by atoms with E-state index in [4.69, 9.17) is 5.11 Å². The first-order valence-electron chi connectivity index (χ1n) is 3.97. The summed E-state index contributed by atoms with van der Waals surface area (Å²) in [6.07, 6.45) is 2.91. The molecule has 0 aromatic carbocycles. The van der Waals surface area contributed by atoms with Crippen molar-refractivity contribution in [3.8, 4) is 11.6 Å². The number of aromatic amines is 2. The number of carboxylic acid groups (broad SMARTS) is 1. The Morgan fingerprint density at radius 2 is 1.93 bits per heavy atom. The fraction of sp³-hybridized carbons (Fsp3) is 0.125. The van der Waals surface area contributed by atoms with E-state index < -0.39 is 5.97 Å². The third-order valence-electron chi connectivity index (χ3n) is 1.73. The zero-order valence-corrected chi connectivity index (χ0v) is 7.40. The molecule has 0 aliphatic heterocycles. The van der Waals surface area contributed by atoms with Crippen LogP contribution >= 0.6 is 0 Å². The highest BCUT2D eigenvalue weighted by Crippen LogP contribution is 2.10. The molecule has 72 valence electrons. The van der Waals surface area contributed by atoms with E-state index in [9.17, 15) is 4.79 Å². The maximum atomic E-state index is 10.5. The molecule has 0 spiro atoms. The maximum absolute atomic E-state index is 10.5. The van der Waals surface area contributed by atoms with E-state index in [1.807, 2.05) is 6.92 Å². The number of aryl methyl sites for hydroxylation is 1. The van der Waals surface area contributed by atoms with Crippen molar-refractivity contribution in [2.45, 2.75) is 6.92 Å². The van der Waals surface area contributed by atoms with Gasteiger partial charge in [-0.05, 0) is 6.92 Å². The molecular weight excluding hydrogens is 184 g/mol. The average Bonchev–Trinajstić information content (AvgIpc) is 2.70. The fourth-order valence-electron chi connectivity index (χ4n) is 1.08. The number of hydrogen-bond donors (Lipinski definition) is 3. The Labute approximate surface area is 79.0 Å². The monoisotopic (exact) mass is 192 g/mol. The molecule has 0 fully saturated rings. The van der Waals surface area contributed by atoms with Gasteiger partial charge < -0.3 is 15.1 Å². The summed E-state index contributed by atoms with van der Waals surface area (Å²) in [4.78, 5) is 24.0. The average molecular weight is 192 g/mol. The molecule has 0 bridgehead atoms. The lowest BCUT2D eigenvalue weighted by molar-refractivity contribution is 0.0691. The van der Waals surface area contributed by atoms with Crippen molar-refractivity contribution < 1.29 is 9.90 Å². The van der Waals surface area contributed by atoms with E-state index in [0.29, 0.717) is 11.6 Å². The third-order valence-corrected chi connectivity index (χ3v) is 1.73. The Hall–Kier alpha value is -2.11. The molecule has 0 atom stereocenters. The Bertz CT molecular complexity index is 471. The van der Waals surface area contributed by atoms with Crippen LogP contribution in [0.25, 0.3) is 11.6 Å². The van der Waals surface area contributed by atoms with Crippen LogP contribution in [0.1, 0.15) is 16.2 Å². The molecule has 3 N–H and O–H groups in total. The minimum absolute atomic E-state index is 0.0500. The molecule has 0 radical (unpaired) electrons. The van der Waals surface area contributed by atoms with Crippen LogP contribution < -0.4 is 0 Å². The predicted molar refractivity (Wildman–Crippen MR) is 47.9 cm³/mol. The molecule has 6 heteroatoms. The van der Waals surface area contributed by atoms with Crippen molar-refractivity contribution in [1.29, 1.82) is 0 Å². The molecule has 0 saturated carbocycles. The lowest BCUT2D eigenvalue weighted by Crippen LogP contribution is -1.95. The molecule has 2 aromatic rings. The Morgan fingerprint density at radius 3 is 2.43 bits per heavy atom. The molecule has 14 heavy (non-hydrogen) atoms. The zero-order chi connectivity index (χ0) is 10.1. The number of hydrogen-bond acceptors (Lipinski definition) is 3. The summed E-state index contributed by atoms with van der Waals surface area (Å²) < 4.78 is 0. The van der Waals surface area contributed by atoms with Crippen molar-refractivity contribution in [2.75, 3.05) is 0 Å². The highest BCUT2D eigenvalue weighted by atomic mass is 16.4. The number of nitrogens with zero attached hydrogens (tertiary/aromatic N) is 2. The van der Waals surface area contributed by atoms with Crippen LogP contribution in [-0.2, 0) is 0 Å². The zero-order valence-electron chi connectivity index (χ0n) is 7.40. The summed E-state index contributed by atoms with van der Waals surface area (Å²) in [5.41, 5.74) is 0.947. The van der Waals surface area contributed by atoms with Crippen molar-refractivity contribution >= 4 is 5.97 Å². The molecule has 0 unspecified atom stereocenters. The van der Waals surface area contributed by atoms with Gasteiger partial charge >= 0.3 is 5.97 Å². The number of carbonyl (C=O) groups is 1. The summed E-state index contributed by atoms with van der Waals surface area (Å²) in [7, 11) is 0. The van der Waals surface area contributed by atoms with Gasteiger partial charge in [-0.3, -0.25) is 0 Å². The SMILES string of the molecule is Cc1cnc(-c2ncc(C(=O)O)[nH]2)[nH]1. The summed E-state index contributed by atoms with van der Waals surface area (Å²) in [6, 6.07) is 0. The van der Waals surface area contributed by atoms with Crippen LogP contribution in [0.15, 0.2) is 12.4 Å². The number of carboxylic acids is 1. The highest BCUT2D eigenvalue weighted by molar-refractivity contribution is 5.85. The topological polar surface area (TPSA) is 94.7 Å². The van der Waals surface area contributed by atoms with Gasteiger partial charge in [-0.25, -0.2) is 14.8 Å². The predicted octanol–water partition coefficient (Wildman–Crippen LogP) is 0.806. The number of rotatable bonds is 2. The number of aromatic nitrogens is 4. The van der Waals surface area contributed by atoms with Gasteiger partial charge in [0, 0.05) is 11.9 Å². The molecule has 0 amide bonds. The smallest absolute Gasteiger partial charge is 0.353 e. The lowest BCUT2D eigenvalue weighted by Gasteiger charge is -1.88. The van der Waals surface area contributed by atoms with Gasteiger partial charge in [-0.15, -0.1) is 0 Å². The third kappa shape index (κ3) is 1.37. The maximum Gasteiger partial charge on any atom is 0.353 e. The second kappa shape index (κ2) is 2.99. The fourth-order valence-corrected chi connectivity index (χ4v) is 1.08. The van der Waals surface area contributed by atoms with E-state index in [2.05, 4.69) is 19.9 Å². The van der Waals surface area contributed by atoms with Gasteiger partial charge in [0.25, 0.3) is 0 Å². The molecule has 0 aliphatic carbocycles. The minimum atomic E-state index is -1.04. The van der Waals surface area contributed by atoms with E-state index in [1.165, 1.54) is 6.20 Å². The molecule has 0 aliphatic rings. The van der Waals surface area contributed by atoms with Gasteiger partial charge in [-0.1, -0.05) is 0 Å². The second-order valence-corrected chi connectivity index (χ2v) is 2.87. The van der Waals surface area contributed by atoms with Crippen LogP contribution in [0, 0.1) is 6.92 Å². The summed E-state index contributed by atoms with van der Waals surface area (Å²) in [5.74, 6) is -0.0717. The number of aromatic carboxylic acids is 1. The van der Waals surface area contributed by atoms with Crippen molar-refractivity contribution in [3.05, 3.63) is 23.8 Å². The van der Waals surface area contributed by atoms with Crippen molar-refractivity contribution in [2.24, 2.45) is 0 Å². The summed E-state index contributed by atoms with van der Waals surface area (Å²) >= 11 is 0. The van der Waals surface area contributed by atoms with E-state index >= 15 is 0 Å². The molecule has 2 rings (SSSR count). The van der Waals surface area contributed by atoms with E-state index in [1.54, 1.807) is 6.20 Å². The van der Waals surface area contributed by atoms with Crippen LogP contribution in [0.3, 0.4) is 0 Å². The van der Waals surface area contributed by atoms with Crippen molar-refractivity contribution in [1.82, 2.24) is 19.9 Å². The summed E-state index contributed by atoms with van der Waals surface area (Å²) in [5, 5.41) is 8.65. The first-order valence-corrected chi connectivity index (χ1v) is 3.97. The first kappa shape index (κ1) is 8.49. The molecule has 2 heterocycles. The summed E-state index contributed by atoms with van der Waals surface area (Å²) in [6.45, 7) is 1.86. The normalized spacial score (nSPS) is 10.4. The number of H-pyrrole nitrogens is 2. The first-order chi connectivity index (χ1) is 6.66. The van der Waals surface area contributed by atoms with Crippen LogP contribution in [0.2, 0.25) is 0 Å². The van der Waals surface area contributed by atoms with Crippen LogP contribution in [0.4, 0.5) is 0 Å². The Balaban J connectivity index is 2.38. The molecular formula is C8H8N4O2. The van der Waals surface area contributed by atoms with Gasteiger partial charge in [0.15, 0.2) is 11.6 Å². The quantitative estimate of drug-likeness (QED) is 0.656. The second-order valence-electron chi connectivity index (χ2n) is 2.87. The standard InChI is InChI=1S/C8H8N4O2/c1-4-2-9-6(11-4)7-10-3-5(12-7)8(13)14/h2-3H,1H3,(H,9,11)(H,10,12)(H,13,14). The number of imidazole rings is 2. The van der Waals surface area contributed by atoms with E-state index in [-0.39, 0.29) is 5.69 Å². The van der Waals surface area contributed by atoms with Gasteiger partial charge in [0.1, 0.15) is 5.69 Å². The Kier molecular flexibility index (Phi) is 1.81.